The monoisotopic (exact) mass is 295 g/mol. The van der Waals surface area contributed by atoms with E-state index in [1.54, 1.807) is 6.08 Å². The van der Waals surface area contributed by atoms with Crippen LogP contribution in [0.4, 0.5) is 0 Å². The predicted octanol–water partition coefficient (Wildman–Crippen LogP) is 3.29. The number of rotatable bonds is 5. The number of carbonyl (C=O) groups excluding carboxylic acids is 1. The molecule has 2 aromatic carbocycles. The third kappa shape index (κ3) is 3.28. The van der Waals surface area contributed by atoms with E-state index in [1.165, 1.54) is 0 Å². The number of fused-ring (bicyclic) bond motifs is 1. The Labute approximate surface area is 129 Å². The normalized spacial score (nSPS) is 13.0. The Hall–Kier alpha value is -2.75. The second kappa shape index (κ2) is 6.35. The van der Waals surface area contributed by atoms with E-state index in [-0.39, 0.29) is 12.6 Å². The van der Waals surface area contributed by atoms with Crippen LogP contribution in [0.5, 0.6) is 11.5 Å². The molecule has 0 bridgehead atoms. The average Bonchev–Trinajstić information content (AvgIpc) is 3.01. The second-order valence-electron chi connectivity index (χ2n) is 5.10. The lowest BCUT2D eigenvalue weighted by atomic mass is 10.1. The molecular weight excluding hydrogens is 278 g/mol. The maximum Gasteiger partial charge on any atom is 0.231 e. The summed E-state index contributed by atoms with van der Waals surface area (Å²) in [4.78, 5) is 12.1. The van der Waals surface area contributed by atoms with Gasteiger partial charge in [0.15, 0.2) is 17.3 Å². The highest BCUT2D eigenvalue weighted by molar-refractivity contribution is 6.04. The van der Waals surface area contributed by atoms with Crippen LogP contribution in [-0.2, 0) is 6.54 Å². The molecule has 0 atom stereocenters. The van der Waals surface area contributed by atoms with E-state index in [2.05, 4.69) is 5.32 Å². The zero-order valence-electron chi connectivity index (χ0n) is 12.3. The summed E-state index contributed by atoms with van der Waals surface area (Å²) in [6, 6.07) is 15.0. The summed E-state index contributed by atoms with van der Waals surface area (Å²) >= 11 is 0. The molecule has 22 heavy (non-hydrogen) atoms. The molecule has 1 aliphatic heterocycles. The lowest BCUT2D eigenvalue weighted by molar-refractivity contribution is 0.104. The highest BCUT2D eigenvalue weighted by Gasteiger charge is 2.12. The lowest BCUT2D eigenvalue weighted by Gasteiger charge is -2.07. The Balaban J connectivity index is 1.61. The molecule has 0 unspecified atom stereocenters. The summed E-state index contributed by atoms with van der Waals surface area (Å²) < 4.78 is 10.6. The number of hydrogen-bond acceptors (Lipinski definition) is 4. The van der Waals surface area contributed by atoms with Crippen molar-refractivity contribution >= 4 is 5.78 Å². The third-order valence-electron chi connectivity index (χ3n) is 3.41. The Bertz CT molecular complexity index is 708. The van der Waals surface area contributed by atoms with Gasteiger partial charge < -0.3 is 14.8 Å². The van der Waals surface area contributed by atoms with Crippen LogP contribution in [0, 0.1) is 0 Å². The van der Waals surface area contributed by atoms with Crippen molar-refractivity contribution in [1.29, 1.82) is 0 Å². The molecule has 0 radical (unpaired) electrons. The maximum atomic E-state index is 12.1. The topological polar surface area (TPSA) is 47.6 Å². The van der Waals surface area contributed by atoms with Crippen LogP contribution in [0.3, 0.4) is 0 Å². The first-order chi connectivity index (χ1) is 10.7. The average molecular weight is 295 g/mol. The summed E-state index contributed by atoms with van der Waals surface area (Å²) in [6.07, 6.45) is 1.61. The van der Waals surface area contributed by atoms with Crippen molar-refractivity contribution in [2.24, 2.45) is 0 Å². The largest absolute Gasteiger partial charge is 0.454 e. The first-order valence-electron chi connectivity index (χ1n) is 7.12. The number of benzene rings is 2. The van der Waals surface area contributed by atoms with Crippen LogP contribution in [0.1, 0.15) is 22.8 Å². The first kappa shape index (κ1) is 14.2. The number of carbonyl (C=O) groups is 1. The molecule has 4 nitrogen and oxygen atoms in total. The lowest BCUT2D eigenvalue weighted by Crippen LogP contribution is -2.12. The molecule has 0 spiro atoms. The minimum absolute atomic E-state index is 0.00344. The van der Waals surface area contributed by atoms with E-state index in [4.69, 9.17) is 9.47 Å². The Morgan fingerprint density at radius 3 is 2.73 bits per heavy atom. The van der Waals surface area contributed by atoms with Crippen LogP contribution < -0.4 is 14.8 Å². The molecule has 0 saturated heterocycles. The van der Waals surface area contributed by atoms with Gasteiger partial charge in [0.05, 0.1) is 0 Å². The van der Waals surface area contributed by atoms with Gasteiger partial charge in [0.25, 0.3) is 0 Å². The number of allylic oxidation sites excluding steroid dienone is 2. The summed E-state index contributed by atoms with van der Waals surface area (Å²) in [5.41, 5.74) is 2.59. The quantitative estimate of drug-likeness (QED) is 0.679. The molecule has 112 valence electrons. The fraction of sp³-hybridized carbons (Fsp3) is 0.167. The van der Waals surface area contributed by atoms with Crippen molar-refractivity contribution in [3.8, 4) is 11.5 Å². The van der Waals surface area contributed by atoms with Gasteiger partial charge in [0, 0.05) is 23.9 Å². The van der Waals surface area contributed by atoms with E-state index < -0.39 is 0 Å². The molecular formula is C18H17NO3. The van der Waals surface area contributed by atoms with Crippen LogP contribution in [-0.4, -0.2) is 12.6 Å². The third-order valence-corrected chi connectivity index (χ3v) is 3.41. The van der Waals surface area contributed by atoms with Crippen molar-refractivity contribution in [3.05, 3.63) is 71.4 Å². The van der Waals surface area contributed by atoms with Crippen LogP contribution in [0.25, 0.3) is 0 Å². The van der Waals surface area contributed by atoms with Crippen molar-refractivity contribution in [3.63, 3.8) is 0 Å². The molecule has 1 N–H and O–H groups in total. The highest BCUT2D eigenvalue weighted by Crippen LogP contribution is 2.32. The smallest absolute Gasteiger partial charge is 0.231 e. The van der Waals surface area contributed by atoms with Crippen LogP contribution >= 0.6 is 0 Å². The molecule has 3 rings (SSSR count). The molecule has 0 aromatic heterocycles. The molecule has 0 amide bonds. The van der Waals surface area contributed by atoms with Gasteiger partial charge in [-0.15, -0.1) is 0 Å². The van der Waals surface area contributed by atoms with E-state index in [9.17, 15) is 4.79 Å². The molecule has 2 aromatic rings. The summed E-state index contributed by atoms with van der Waals surface area (Å²) in [5.74, 6) is 1.54. The second-order valence-corrected chi connectivity index (χ2v) is 5.10. The number of ketones is 1. The van der Waals surface area contributed by atoms with Crippen LogP contribution in [0.2, 0.25) is 0 Å². The van der Waals surface area contributed by atoms with Crippen molar-refractivity contribution in [2.75, 3.05) is 6.79 Å². The molecule has 0 aliphatic carbocycles. The number of ether oxygens (including phenoxy) is 2. The van der Waals surface area contributed by atoms with Gasteiger partial charge >= 0.3 is 0 Å². The highest BCUT2D eigenvalue weighted by atomic mass is 16.7. The SMILES string of the molecule is CC(=CC(=O)c1ccccc1)NCc1ccc2c(c1)OCO2. The minimum atomic E-state index is -0.00344. The van der Waals surface area contributed by atoms with Gasteiger partial charge in [-0.1, -0.05) is 36.4 Å². The van der Waals surface area contributed by atoms with E-state index in [1.807, 2.05) is 55.5 Å². The van der Waals surface area contributed by atoms with Gasteiger partial charge in [0.1, 0.15) is 0 Å². The fourth-order valence-corrected chi connectivity index (χ4v) is 2.23. The summed E-state index contributed by atoms with van der Waals surface area (Å²) in [7, 11) is 0. The van der Waals surface area contributed by atoms with Gasteiger partial charge in [-0.25, -0.2) is 0 Å². The van der Waals surface area contributed by atoms with Crippen molar-refractivity contribution < 1.29 is 14.3 Å². The molecule has 1 aliphatic rings. The minimum Gasteiger partial charge on any atom is -0.454 e. The zero-order chi connectivity index (χ0) is 15.4. The molecule has 0 fully saturated rings. The fourth-order valence-electron chi connectivity index (χ4n) is 2.23. The Morgan fingerprint density at radius 1 is 1.14 bits per heavy atom. The van der Waals surface area contributed by atoms with Crippen molar-refractivity contribution in [2.45, 2.75) is 13.5 Å². The van der Waals surface area contributed by atoms with E-state index in [0.717, 1.165) is 22.8 Å². The maximum absolute atomic E-state index is 12.1. The first-order valence-corrected chi connectivity index (χ1v) is 7.12. The summed E-state index contributed by atoms with van der Waals surface area (Å²) in [6.45, 7) is 2.78. The molecule has 0 saturated carbocycles. The Morgan fingerprint density at radius 2 is 1.91 bits per heavy atom. The van der Waals surface area contributed by atoms with Crippen molar-refractivity contribution in [1.82, 2.24) is 5.32 Å². The standard InChI is InChI=1S/C18H17NO3/c1-13(9-16(20)15-5-3-2-4-6-15)19-11-14-7-8-17-18(10-14)22-12-21-17/h2-10,19H,11-12H2,1H3. The van der Waals surface area contributed by atoms with E-state index >= 15 is 0 Å². The number of nitrogens with one attached hydrogen (secondary N) is 1. The van der Waals surface area contributed by atoms with E-state index in [0.29, 0.717) is 12.1 Å². The number of hydrogen-bond donors (Lipinski definition) is 1. The predicted molar refractivity (Wildman–Crippen MR) is 83.9 cm³/mol. The van der Waals surface area contributed by atoms with Gasteiger partial charge in [-0.05, 0) is 24.6 Å². The molecule has 1 heterocycles. The molecule has 4 heteroatoms. The van der Waals surface area contributed by atoms with Gasteiger partial charge in [-0.3, -0.25) is 4.79 Å². The van der Waals surface area contributed by atoms with Gasteiger partial charge in [0.2, 0.25) is 6.79 Å². The van der Waals surface area contributed by atoms with Crippen LogP contribution in [0.15, 0.2) is 60.3 Å². The van der Waals surface area contributed by atoms with Gasteiger partial charge in [-0.2, -0.15) is 0 Å². The summed E-state index contributed by atoms with van der Waals surface area (Å²) in [5, 5.41) is 3.23. The zero-order valence-corrected chi connectivity index (χ0v) is 12.3. The Kier molecular flexibility index (Phi) is 4.10.